The van der Waals surface area contributed by atoms with Gasteiger partial charge in [-0.15, -0.1) is 0 Å². The fourth-order valence-corrected chi connectivity index (χ4v) is 2.73. The lowest BCUT2D eigenvalue weighted by Crippen LogP contribution is -2.20. The number of aromatic nitrogens is 1. The van der Waals surface area contributed by atoms with Crippen molar-refractivity contribution in [3.05, 3.63) is 83.5 Å². The molecule has 0 atom stereocenters. The summed E-state index contributed by atoms with van der Waals surface area (Å²) >= 11 is 5.82. The third-order valence-electron chi connectivity index (χ3n) is 4.02. The Balaban J connectivity index is 1.37. The number of benzene rings is 2. The van der Waals surface area contributed by atoms with Crippen LogP contribution in [0.2, 0.25) is 5.02 Å². The summed E-state index contributed by atoms with van der Waals surface area (Å²) in [5.74, 6) is 1.12. The number of ether oxygens (including phenoxy) is 1. The van der Waals surface area contributed by atoms with E-state index in [0.717, 1.165) is 25.2 Å². The first kappa shape index (κ1) is 19.7. The van der Waals surface area contributed by atoms with E-state index < -0.39 is 0 Å². The van der Waals surface area contributed by atoms with Crippen LogP contribution in [0.4, 0.5) is 11.5 Å². The lowest BCUT2D eigenvalue weighted by molar-refractivity contribution is -0.118. The van der Waals surface area contributed by atoms with Crippen LogP contribution >= 0.6 is 11.6 Å². The molecule has 3 aromatic rings. The highest BCUT2D eigenvalue weighted by Crippen LogP contribution is 2.15. The normalized spacial score (nSPS) is 10.3. The second-order valence-electron chi connectivity index (χ2n) is 6.24. The van der Waals surface area contributed by atoms with E-state index in [1.54, 1.807) is 30.5 Å². The molecule has 0 aliphatic carbocycles. The van der Waals surface area contributed by atoms with Crippen LogP contribution in [-0.4, -0.2) is 24.0 Å². The maximum absolute atomic E-state index is 12.0. The van der Waals surface area contributed by atoms with Crippen molar-refractivity contribution in [1.29, 1.82) is 0 Å². The Morgan fingerprint density at radius 2 is 1.79 bits per heavy atom. The minimum Gasteiger partial charge on any atom is -0.484 e. The maximum atomic E-state index is 12.0. The molecule has 0 saturated heterocycles. The highest BCUT2D eigenvalue weighted by atomic mass is 35.5. The van der Waals surface area contributed by atoms with E-state index in [4.69, 9.17) is 16.3 Å². The Labute approximate surface area is 169 Å². The molecule has 0 saturated carbocycles. The first-order chi connectivity index (χ1) is 13.7. The van der Waals surface area contributed by atoms with E-state index in [1.807, 2.05) is 18.2 Å². The number of carbonyl (C=O) groups excluding carboxylic acids is 1. The van der Waals surface area contributed by atoms with Crippen molar-refractivity contribution < 1.29 is 9.53 Å². The molecular weight excluding hydrogens is 374 g/mol. The predicted molar refractivity (Wildman–Crippen MR) is 113 cm³/mol. The molecular formula is C22H22ClN3O2. The minimum atomic E-state index is -0.250. The van der Waals surface area contributed by atoms with Crippen molar-refractivity contribution in [2.45, 2.75) is 12.8 Å². The second-order valence-corrected chi connectivity index (χ2v) is 6.68. The summed E-state index contributed by atoms with van der Waals surface area (Å²) in [5.41, 5.74) is 1.95. The molecule has 2 N–H and O–H groups in total. The average molecular weight is 396 g/mol. The number of anilines is 2. The molecule has 1 aromatic heterocycles. The van der Waals surface area contributed by atoms with Gasteiger partial charge >= 0.3 is 0 Å². The van der Waals surface area contributed by atoms with Crippen molar-refractivity contribution in [1.82, 2.24) is 4.98 Å². The molecule has 6 heteroatoms. The van der Waals surface area contributed by atoms with Gasteiger partial charge in [0.2, 0.25) is 0 Å². The van der Waals surface area contributed by atoms with Crippen LogP contribution in [0, 0.1) is 0 Å². The zero-order valence-corrected chi connectivity index (χ0v) is 16.2. The van der Waals surface area contributed by atoms with Crippen LogP contribution in [0.1, 0.15) is 12.0 Å². The van der Waals surface area contributed by atoms with E-state index in [-0.39, 0.29) is 12.5 Å². The van der Waals surface area contributed by atoms with Gasteiger partial charge in [-0.05, 0) is 54.8 Å². The van der Waals surface area contributed by atoms with Gasteiger partial charge in [-0.2, -0.15) is 0 Å². The third kappa shape index (κ3) is 6.59. The van der Waals surface area contributed by atoms with E-state index in [1.165, 1.54) is 5.56 Å². The number of rotatable bonds is 9. The summed E-state index contributed by atoms with van der Waals surface area (Å²) < 4.78 is 5.42. The third-order valence-corrected chi connectivity index (χ3v) is 4.27. The van der Waals surface area contributed by atoms with Crippen LogP contribution in [0.5, 0.6) is 5.75 Å². The van der Waals surface area contributed by atoms with Gasteiger partial charge in [-0.3, -0.25) is 4.79 Å². The summed E-state index contributed by atoms with van der Waals surface area (Å²) in [4.78, 5) is 16.3. The van der Waals surface area contributed by atoms with E-state index in [9.17, 15) is 4.79 Å². The molecule has 0 radical (unpaired) electrons. The van der Waals surface area contributed by atoms with Crippen molar-refractivity contribution in [2.24, 2.45) is 0 Å². The van der Waals surface area contributed by atoms with E-state index in [0.29, 0.717) is 16.5 Å². The van der Waals surface area contributed by atoms with Crippen LogP contribution in [0.25, 0.3) is 0 Å². The Hall–Kier alpha value is -3.05. The van der Waals surface area contributed by atoms with Gasteiger partial charge in [0.1, 0.15) is 11.6 Å². The Bertz CT molecular complexity index is 869. The predicted octanol–water partition coefficient (Wildman–Crippen LogP) is 4.80. The summed E-state index contributed by atoms with van der Waals surface area (Å²) in [7, 11) is 0. The molecule has 0 fully saturated rings. The number of amides is 1. The average Bonchev–Trinajstić information content (AvgIpc) is 2.73. The topological polar surface area (TPSA) is 63.2 Å². The molecule has 0 unspecified atom stereocenters. The molecule has 0 bridgehead atoms. The molecule has 1 amide bonds. The number of pyridine rings is 1. The number of carbonyl (C=O) groups is 1. The Kier molecular flexibility index (Phi) is 7.27. The molecule has 3 rings (SSSR count). The van der Waals surface area contributed by atoms with Crippen molar-refractivity contribution in [2.75, 3.05) is 23.8 Å². The molecule has 0 spiro atoms. The zero-order chi connectivity index (χ0) is 19.6. The summed E-state index contributed by atoms with van der Waals surface area (Å²) in [5, 5.41) is 6.67. The number of aryl methyl sites for hydroxylation is 1. The number of nitrogens with zero attached hydrogens (tertiary/aromatic N) is 1. The molecule has 1 heterocycles. The Morgan fingerprint density at radius 1 is 1.00 bits per heavy atom. The van der Waals surface area contributed by atoms with Gasteiger partial charge < -0.3 is 15.4 Å². The summed E-state index contributed by atoms with van der Waals surface area (Å²) in [6, 6.07) is 20.9. The largest absolute Gasteiger partial charge is 0.484 e. The van der Waals surface area contributed by atoms with E-state index >= 15 is 0 Å². The Morgan fingerprint density at radius 3 is 2.50 bits per heavy atom. The minimum absolute atomic E-state index is 0.0822. The second kappa shape index (κ2) is 10.3. The number of hydrogen-bond donors (Lipinski definition) is 2. The fraction of sp³-hybridized carbons (Fsp3) is 0.182. The molecule has 0 aliphatic heterocycles. The van der Waals surface area contributed by atoms with Crippen molar-refractivity contribution in [3.8, 4) is 5.75 Å². The van der Waals surface area contributed by atoms with Crippen LogP contribution in [-0.2, 0) is 11.2 Å². The maximum Gasteiger partial charge on any atom is 0.262 e. The summed E-state index contributed by atoms with van der Waals surface area (Å²) in [6.07, 6.45) is 3.67. The number of nitrogens with one attached hydrogen (secondary N) is 2. The van der Waals surface area contributed by atoms with Crippen LogP contribution in [0.15, 0.2) is 72.9 Å². The van der Waals surface area contributed by atoms with E-state index in [2.05, 4.69) is 39.9 Å². The SMILES string of the molecule is O=C(COc1ccc(Cl)cc1)Nc1ccc(NCCCc2ccccc2)nc1. The fourth-order valence-electron chi connectivity index (χ4n) is 2.60. The molecule has 5 nitrogen and oxygen atoms in total. The van der Waals surface area contributed by atoms with Gasteiger partial charge in [0.05, 0.1) is 11.9 Å². The monoisotopic (exact) mass is 395 g/mol. The van der Waals surface area contributed by atoms with Gasteiger partial charge in [0.15, 0.2) is 6.61 Å². The van der Waals surface area contributed by atoms with Gasteiger partial charge in [-0.25, -0.2) is 4.98 Å². The van der Waals surface area contributed by atoms with Crippen LogP contribution in [0.3, 0.4) is 0 Å². The molecule has 2 aromatic carbocycles. The summed E-state index contributed by atoms with van der Waals surface area (Å²) in [6.45, 7) is 0.754. The van der Waals surface area contributed by atoms with Crippen LogP contribution < -0.4 is 15.4 Å². The highest BCUT2D eigenvalue weighted by Gasteiger charge is 2.04. The quantitative estimate of drug-likeness (QED) is 0.511. The van der Waals surface area contributed by atoms with Gasteiger partial charge in [-0.1, -0.05) is 41.9 Å². The standard InChI is InChI=1S/C22H22ClN3O2/c23-18-8-11-20(12-9-18)28-16-22(27)26-19-10-13-21(25-15-19)24-14-4-7-17-5-2-1-3-6-17/h1-3,5-6,8-13,15H,4,7,14,16H2,(H,24,25)(H,26,27). The molecule has 144 valence electrons. The molecule has 28 heavy (non-hydrogen) atoms. The number of hydrogen-bond acceptors (Lipinski definition) is 4. The lowest BCUT2D eigenvalue weighted by Gasteiger charge is -2.09. The first-order valence-corrected chi connectivity index (χ1v) is 9.49. The number of halogens is 1. The first-order valence-electron chi connectivity index (χ1n) is 9.11. The van der Waals surface area contributed by atoms with Crippen molar-refractivity contribution in [3.63, 3.8) is 0 Å². The van der Waals surface area contributed by atoms with Crippen molar-refractivity contribution >= 4 is 29.0 Å². The smallest absolute Gasteiger partial charge is 0.262 e. The van der Waals surface area contributed by atoms with Gasteiger partial charge in [0, 0.05) is 11.6 Å². The highest BCUT2D eigenvalue weighted by molar-refractivity contribution is 6.30. The van der Waals surface area contributed by atoms with Gasteiger partial charge in [0.25, 0.3) is 5.91 Å². The lowest BCUT2D eigenvalue weighted by atomic mass is 10.1. The zero-order valence-electron chi connectivity index (χ0n) is 15.4. The molecule has 0 aliphatic rings.